The van der Waals surface area contributed by atoms with Gasteiger partial charge in [0.15, 0.2) is 5.82 Å². The van der Waals surface area contributed by atoms with Gasteiger partial charge in [-0.2, -0.15) is 4.98 Å². The SMILES string of the molecule is C[C@]1(C(=O)Nc2n[nH]c(-c3cccc(Br)c3)n2)CC2([N+](=O)[O-])c3ccccc3C1c1ccccc12. The van der Waals surface area contributed by atoms with Gasteiger partial charge in [-0.25, -0.2) is 0 Å². The summed E-state index contributed by atoms with van der Waals surface area (Å²) in [6, 6.07) is 22.4. The Hall–Kier alpha value is -3.85. The molecule has 1 heterocycles. The molecule has 3 aliphatic carbocycles. The summed E-state index contributed by atoms with van der Waals surface area (Å²) in [6.45, 7) is 1.80. The smallest absolute Gasteiger partial charge is 0.273 e. The molecule has 0 aliphatic heterocycles. The number of aromatic nitrogens is 3. The molecule has 3 aliphatic rings. The predicted octanol–water partition coefficient (Wildman–Crippen LogP) is 5.25. The van der Waals surface area contributed by atoms with Crippen molar-refractivity contribution in [1.82, 2.24) is 15.2 Å². The number of hydrogen-bond acceptors (Lipinski definition) is 5. The standard InChI is InChI=1S/C26H20BrN5O3/c1-25(23(33)29-24-28-22(30-31-24)15-7-6-8-16(27)13-15)14-26(32(34)35)19-11-4-2-9-17(19)21(25)18-10-3-5-12-20(18)26/h2-13,21H,14H2,1H3,(H2,28,29,30,31,33)/t21?,25-,26?/m0/s1. The first-order valence-electron chi connectivity index (χ1n) is 11.2. The number of H-pyrrole nitrogens is 1. The fourth-order valence-electron chi connectivity index (χ4n) is 5.87. The summed E-state index contributed by atoms with van der Waals surface area (Å²) >= 11 is 3.44. The normalized spacial score (nSPS) is 23.9. The second kappa shape index (κ2) is 7.58. The zero-order valence-corrected chi connectivity index (χ0v) is 20.2. The van der Waals surface area contributed by atoms with Gasteiger partial charge in [-0.1, -0.05) is 76.6 Å². The summed E-state index contributed by atoms with van der Waals surface area (Å²) < 4.78 is 0.894. The van der Waals surface area contributed by atoms with Crippen LogP contribution in [-0.4, -0.2) is 26.0 Å². The van der Waals surface area contributed by atoms with Crippen LogP contribution in [0.2, 0.25) is 0 Å². The minimum Gasteiger partial charge on any atom is -0.293 e. The minimum absolute atomic E-state index is 0.0421. The maximum absolute atomic E-state index is 13.8. The Balaban J connectivity index is 1.43. The maximum atomic E-state index is 13.8. The number of fused-ring (bicyclic) bond motifs is 1. The highest BCUT2D eigenvalue weighted by Gasteiger charge is 2.67. The zero-order valence-electron chi connectivity index (χ0n) is 18.7. The summed E-state index contributed by atoms with van der Waals surface area (Å²) in [5.74, 6) is -0.0449. The Kier molecular flexibility index (Phi) is 4.69. The molecule has 9 heteroatoms. The van der Waals surface area contributed by atoms with Crippen molar-refractivity contribution >= 4 is 27.8 Å². The van der Waals surface area contributed by atoms with Crippen molar-refractivity contribution in [3.63, 3.8) is 0 Å². The van der Waals surface area contributed by atoms with Crippen LogP contribution < -0.4 is 5.32 Å². The molecule has 3 aromatic carbocycles. The van der Waals surface area contributed by atoms with Crippen LogP contribution in [-0.2, 0) is 10.3 Å². The fourth-order valence-corrected chi connectivity index (χ4v) is 6.27. The van der Waals surface area contributed by atoms with E-state index < -0.39 is 11.0 Å². The van der Waals surface area contributed by atoms with Gasteiger partial charge >= 0.3 is 0 Å². The van der Waals surface area contributed by atoms with E-state index in [9.17, 15) is 14.9 Å². The molecule has 1 atom stereocenters. The lowest BCUT2D eigenvalue weighted by Gasteiger charge is -2.52. The van der Waals surface area contributed by atoms with Gasteiger partial charge < -0.3 is 0 Å². The Labute approximate surface area is 209 Å². The molecule has 0 spiro atoms. The van der Waals surface area contributed by atoms with Gasteiger partial charge in [-0.15, -0.1) is 5.10 Å². The van der Waals surface area contributed by atoms with Crippen LogP contribution in [0.5, 0.6) is 0 Å². The highest BCUT2D eigenvalue weighted by Crippen LogP contribution is 2.63. The molecule has 8 nitrogen and oxygen atoms in total. The van der Waals surface area contributed by atoms with Crippen LogP contribution >= 0.6 is 15.9 Å². The average Bonchev–Trinajstić information content (AvgIpc) is 3.32. The number of benzene rings is 3. The highest BCUT2D eigenvalue weighted by molar-refractivity contribution is 9.10. The number of carbonyl (C=O) groups is 1. The summed E-state index contributed by atoms with van der Waals surface area (Å²) in [4.78, 5) is 30.8. The van der Waals surface area contributed by atoms with Crippen molar-refractivity contribution in [2.45, 2.75) is 24.8 Å². The molecule has 2 N–H and O–H groups in total. The topological polar surface area (TPSA) is 114 Å². The summed E-state index contributed by atoms with van der Waals surface area (Å²) in [5, 5.41) is 22.6. The third-order valence-corrected chi connectivity index (χ3v) is 7.83. The number of aromatic amines is 1. The number of nitrogens with zero attached hydrogens (tertiary/aromatic N) is 3. The Bertz CT molecular complexity index is 1470. The van der Waals surface area contributed by atoms with E-state index in [1.807, 2.05) is 72.8 Å². The van der Waals surface area contributed by atoms with Crippen molar-refractivity contribution < 1.29 is 9.72 Å². The van der Waals surface area contributed by atoms with Crippen molar-refractivity contribution in [3.8, 4) is 11.4 Å². The first-order chi connectivity index (χ1) is 16.8. The second-order valence-electron chi connectivity index (χ2n) is 9.29. The zero-order chi connectivity index (χ0) is 24.4. The number of halogens is 1. The van der Waals surface area contributed by atoms with Crippen LogP contribution in [0.15, 0.2) is 77.3 Å². The molecule has 174 valence electrons. The lowest BCUT2D eigenvalue weighted by atomic mass is 9.49. The van der Waals surface area contributed by atoms with Gasteiger partial charge in [0, 0.05) is 38.4 Å². The quantitative estimate of drug-likeness (QED) is 0.277. The number of hydrogen-bond donors (Lipinski definition) is 2. The molecule has 1 aromatic heterocycles. The average molecular weight is 530 g/mol. The number of nitro groups is 1. The van der Waals surface area contributed by atoms with Gasteiger partial charge in [0.05, 0.1) is 5.41 Å². The van der Waals surface area contributed by atoms with Crippen molar-refractivity contribution in [3.05, 3.63) is 110 Å². The van der Waals surface area contributed by atoms with E-state index in [2.05, 4.69) is 36.4 Å². The molecule has 1 amide bonds. The molecule has 0 unspecified atom stereocenters. The van der Waals surface area contributed by atoms with Gasteiger partial charge in [0.25, 0.3) is 5.54 Å². The summed E-state index contributed by atoms with van der Waals surface area (Å²) in [7, 11) is 0. The molecular weight excluding hydrogens is 510 g/mol. The van der Waals surface area contributed by atoms with Crippen LogP contribution in [0.1, 0.15) is 41.5 Å². The van der Waals surface area contributed by atoms with Crippen LogP contribution in [0.4, 0.5) is 5.95 Å². The first kappa shape index (κ1) is 21.7. The maximum Gasteiger partial charge on any atom is 0.273 e. The Morgan fingerprint density at radius 2 is 1.74 bits per heavy atom. The van der Waals surface area contributed by atoms with E-state index in [1.165, 1.54) is 0 Å². The van der Waals surface area contributed by atoms with Crippen LogP contribution in [0.3, 0.4) is 0 Å². The third kappa shape index (κ3) is 3.01. The molecule has 7 rings (SSSR count). The van der Waals surface area contributed by atoms with Crippen LogP contribution in [0.25, 0.3) is 11.4 Å². The molecule has 4 aromatic rings. The molecule has 0 fully saturated rings. The number of anilines is 1. The van der Waals surface area contributed by atoms with Crippen LogP contribution in [0, 0.1) is 15.5 Å². The third-order valence-electron chi connectivity index (χ3n) is 7.33. The van der Waals surface area contributed by atoms with Crippen molar-refractivity contribution in [2.75, 3.05) is 5.32 Å². The molecule has 0 saturated carbocycles. The van der Waals surface area contributed by atoms with E-state index in [-0.39, 0.29) is 29.1 Å². The fraction of sp³-hybridized carbons (Fsp3) is 0.192. The molecule has 2 bridgehead atoms. The minimum atomic E-state index is -1.51. The molecule has 0 radical (unpaired) electrons. The van der Waals surface area contributed by atoms with E-state index >= 15 is 0 Å². The number of nitrogens with one attached hydrogen (secondary N) is 2. The largest absolute Gasteiger partial charge is 0.293 e. The molecule has 0 saturated heterocycles. The van der Waals surface area contributed by atoms with Gasteiger partial charge in [-0.3, -0.25) is 25.3 Å². The number of amides is 1. The van der Waals surface area contributed by atoms with E-state index in [0.717, 1.165) is 21.2 Å². The first-order valence-corrected chi connectivity index (χ1v) is 12.0. The van der Waals surface area contributed by atoms with Gasteiger partial charge in [-0.05, 0) is 30.2 Å². The van der Waals surface area contributed by atoms with Crippen molar-refractivity contribution in [1.29, 1.82) is 0 Å². The molecular formula is C26H20BrN5O3. The number of carbonyl (C=O) groups excluding carboxylic acids is 1. The van der Waals surface area contributed by atoms with E-state index in [4.69, 9.17) is 0 Å². The van der Waals surface area contributed by atoms with Crippen molar-refractivity contribution in [2.24, 2.45) is 5.41 Å². The lowest BCUT2D eigenvalue weighted by molar-refractivity contribution is -0.573. The Morgan fingerprint density at radius 1 is 1.09 bits per heavy atom. The van der Waals surface area contributed by atoms with Gasteiger partial charge in [0.1, 0.15) is 0 Å². The lowest BCUT2D eigenvalue weighted by Crippen LogP contribution is -2.57. The summed E-state index contributed by atoms with van der Waals surface area (Å²) in [6.07, 6.45) is 0.0421. The number of rotatable bonds is 4. The highest BCUT2D eigenvalue weighted by atomic mass is 79.9. The van der Waals surface area contributed by atoms with Gasteiger partial charge in [0.2, 0.25) is 11.9 Å². The molecule has 35 heavy (non-hydrogen) atoms. The van der Waals surface area contributed by atoms with E-state index in [1.54, 1.807) is 6.92 Å². The predicted molar refractivity (Wildman–Crippen MR) is 133 cm³/mol. The second-order valence-corrected chi connectivity index (χ2v) is 10.2. The van der Waals surface area contributed by atoms with E-state index in [0.29, 0.717) is 17.0 Å². The Morgan fingerprint density at radius 3 is 2.37 bits per heavy atom. The summed E-state index contributed by atoms with van der Waals surface area (Å²) in [5.41, 5.74) is 1.17. The monoisotopic (exact) mass is 529 g/mol.